The summed E-state index contributed by atoms with van der Waals surface area (Å²) in [6, 6.07) is 0. The lowest BCUT2D eigenvalue weighted by Gasteiger charge is -2.28. The number of nitriles is 1. The van der Waals surface area contributed by atoms with Gasteiger partial charge in [-0.2, -0.15) is 10.3 Å². The minimum atomic E-state index is 0.741. The van der Waals surface area contributed by atoms with Gasteiger partial charge in [0.1, 0.15) is 5.84 Å². The molecule has 0 bridgehead atoms. The maximum atomic E-state index is 8.40. The molecule has 12 heavy (non-hydrogen) atoms. The highest BCUT2D eigenvalue weighted by Crippen LogP contribution is 2.01. The Morgan fingerprint density at radius 2 is 2.25 bits per heavy atom. The van der Waals surface area contributed by atoms with Gasteiger partial charge in [-0.15, -0.1) is 0 Å². The third-order valence-corrected chi connectivity index (χ3v) is 1.87. The smallest absolute Gasteiger partial charge is 0.207 e. The Morgan fingerprint density at radius 1 is 1.58 bits per heavy atom. The zero-order chi connectivity index (χ0) is 8.81. The van der Waals surface area contributed by atoms with Crippen LogP contribution in [-0.2, 0) is 4.74 Å². The van der Waals surface area contributed by atoms with Gasteiger partial charge in [-0.05, 0) is 0 Å². The molecule has 1 rings (SSSR count). The second kappa shape index (κ2) is 4.73. The van der Waals surface area contributed by atoms with E-state index in [4.69, 9.17) is 10.00 Å². The number of hydrogen-bond donors (Lipinski definition) is 0. The molecule has 0 aromatic rings. The molecule has 0 saturated carbocycles. The molecule has 0 aromatic heterocycles. The molecule has 0 aliphatic carbocycles. The summed E-state index contributed by atoms with van der Waals surface area (Å²) in [5.74, 6) is 0.876. The van der Waals surface area contributed by atoms with Crippen LogP contribution in [0.1, 0.15) is 13.3 Å². The van der Waals surface area contributed by atoms with Crippen molar-refractivity contribution < 1.29 is 4.74 Å². The van der Waals surface area contributed by atoms with Gasteiger partial charge >= 0.3 is 0 Å². The lowest BCUT2D eigenvalue weighted by molar-refractivity contribution is 0.0673. The van der Waals surface area contributed by atoms with Crippen LogP contribution in [0.15, 0.2) is 4.99 Å². The number of ether oxygens (including phenoxy) is 1. The first-order valence-corrected chi connectivity index (χ1v) is 4.16. The maximum absolute atomic E-state index is 8.40. The first kappa shape index (κ1) is 9.01. The van der Waals surface area contributed by atoms with E-state index in [2.05, 4.69) is 9.89 Å². The molecule has 1 heterocycles. The molecule has 0 amide bonds. The van der Waals surface area contributed by atoms with Crippen molar-refractivity contribution in [2.75, 3.05) is 26.3 Å². The van der Waals surface area contributed by atoms with Crippen LogP contribution in [0.4, 0.5) is 0 Å². The summed E-state index contributed by atoms with van der Waals surface area (Å²) in [5.41, 5.74) is 0. The molecular weight excluding hydrogens is 154 g/mol. The standard InChI is InChI=1S/C8H13N3O/c1-2-8(10-7-9)11-3-5-12-6-4-11/h2-6H2,1H3. The van der Waals surface area contributed by atoms with Gasteiger partial charge in [0.15, 0.2) is 0 Å². The fourth-order valence-electron chi connectivity index (χ4n) is 1.25. The lowest BCUT2D eigenvalue weighted by Crippen LogP contribution is -2.40. The monoisotopic (exact) mass is 167 g/mol. The first-order valence-electron chi connectivity index (χ1n) is 4.16. The van der Waals surface area contributed by atoms with Gasteiger partial charge in [0.25, 0.3) is 0 Å². The van der Waals surface area contributed by atoms with Crippen molar-refractivity contribution in [1.82, 2.24) is 4.90 Å². The fourth-order valence-corrected chi connectivity index (χ4v) is 1.25. The Morgan fingerprint density at radius 3 is 2.75 bits per heavy atom. The van der Waals surface area contributed by atoms with E-state index in [-0.39, 0.29) is 0 Å². The van der Waals surface area contributed by atoms with E-state index in [0.29, 0.717) is 0 Å². The summed E-state index contributed by atoms with van der Waals surface area (Å²) in [5, 5.41) is 8.40. The van der Waals surface area contributed by atoms with Crippen molar-refractivity contribution in [3.05, 3.63) is 0 Å². The quantitative estimate of drug-likeness (QED) is 0.326. The van der Waals surface area contributed by atoms with Crippen LogP contribution >= 0.6 is 0 Å². The van der Waals surface area contributed by atoms with Gasteiger partial charge in [-0.25, -0.2) is 0 Å². The number of amidine groups is 1. The summed E-state index contributed by atoms with van der Waals surface area (Å²) >= 11 is 0. The molecular formula is C8H13N3O. The van der Waals surface area contributed by atoms with Crippen molar-refractivity contribution in [2.24, 2.45) is 4.99 Å². The van der Waals surface area contributed by atoms with Crippen molar-refractivity contribution in [1.29, 1.82) is 5.26 Å². The second-order valence-electron chi connectivity index (χ2n) is 2.58. The lowest BCUT2D eigenvalue weighted by atomic mass is 10.3. The van der Waals surface area contributed by atoms with E-state index < -0.39 is 0 Å². The van der Waals surface area contributed by atoms with Crippen LogP contribution in [0.3, 0.4) is 0 Å². The topological polar surface area (TPSA) is 48.6 Å². The zero-order valence-corrected chi connectivity index (χ0v) is 7.29. The largest absolute Gasteiger partial charge is 0.378 e. The predicted molar refractivity (Wildman–Crippen MR) is 45.7 cm³/mol. The van der Waals surface area contributed by atoms with E-state index in [1.807, 2.05) is 13.1 Å². The molecule has 0 spiro atoms. The summed E-state index contributed by atoms with van der Waals surface area (Å²) in [4.78, 5) is 5.86. The number of aliphatic imine (C=N–C) groups is 1. The fraction of sp³-hybridized carbons (Fsp3) is 0.750. The first-order chi connectivity index (χ1) is 5.88. The van der Waals surface area contributed by atoms with Crippen LogP contribution in [0.2, 0.25) is 0 Å². The van der Waals surface area contributed by atoms with Crippen molar-refractivity contribution in [3.63, 3.8) is 0 Å². The number of hydrogen-bond acceptors (Lipinski definition) is 3. The molecule has 4 nitrogen and oxygen atoms in total. The SMILES string of the molecule is CCC(=NC#N)N1CCOCC1. The van der Waals surface area contributed by atoms with Crippen LogP contribution in [0.25, 0.3) is 0 Å². The molecule has 66 valence electrons. The molecule has 1 aliphatic rings. The Hall–Kier alpha value is -1.08. The van der Waals surface area contributed by atoms with E-state index in [9.17, 15) is 0 Å². The minimum absolute atomic E-state index is 0.741. The van der Waals surface area contributed by atoms with Gasteiger partial charge in [0.05, 0.1) is 13.2 Å². The van der Waals surface area contributed by atoms with Crippen LogP contribution in [0.5, 0.6) is 0 Å². The van der Waals surface area contributed by atoms with Gasteiger partial charge in [-0.3, -0.25) is 0 Å². The van der Waals surface area contributed by atoms with Crippen LogP contribution < -0.4 is 0 Å². The van der Waals surface area contributed by atoms with Crippen molar-refractivity contribution in [2.45, 2.75) is 13.3 Å². The highest BCUT2D eigenvalue weighted by atomic mass is 16.5. The Kier molecular flexibility index (Phi) is 3.55. The normalized spacial score (nSPS) is 19.0. The third-order valence-electron chi connectivity index (χ3n) is 1.87. The summed E-state index contributed by atoms with van der Waals surface area (Å²) in [6.45, 7) is 5.20. The van der Waals surface area contributed by atoms with Gasteiger partial charge in [0, 0.05) is 19.5 Å². The van der Waals surface area contributed by atoms with E-state index in [0.717, 1.165) is 38.6 Å². The number of nitrogens with zero attached hydrogens (tertiary/aromatic N) is 3. The van der Waals surface area contributed by atoms with E-state index >= 15 is 0 Å². The molecule has 0 radical (unpaired) electrons. The second-order valence-corrected chi connectivity index (χ2v) is 2.58. The van der Waals surface area contributed by atoms with Gasteiger partial charge in [0.2, 0.25) is 6.19 Å². The average Bonchev–Trinajstić information content (AvgIpc) is 2.15. The predicted octanol–water partition coefficient (Wildman–Crippen LogP) is 0.608. The molecule has 0 aromatic carbocycles. The number of rotatable bonds is 1. The average molecular weight is 167 g/mol. The third kappa shape index (κ3) is 2.21. The van der Waals surface area contributed by atoms with Gasteiger partial charge in [-0.1, -0.05) is 6.92 Å². The summed E-state index contributed by atoms with van der Waals surface area (Å²) < 4.78 is 5.19. The molecule has 4 heteroatoms. The van der Waals surface area contributed by atoms with E-state index in [1.54, 1.807) is 0 Å². The molecule has 0 atom stereocenters. The summed E-state index contributed by atoms with van der Waals surface area (Å²) in [7, 11) is 0. The highest BCUT2D eigenvalue weighted by Gasteiger charge is 2.12. The van der Waals surface area contributed by atoms with Gasteiger partial charge < -0.3 is 9.64 Å². The molecule has 1 saturated heterocycles. The molecule has 1 aliphatic heterocycles. The summed E-state index contributed by atoms with van der Waals surface area (Å²) in [6.07, 6.45) is 2.63. The van der Waals surface area contributed by atoms with Crippen molar-refractivity contribution in [3.8, 4) is 6.19 Å². The molecule has 0 N–H and O–H groups in total. The molecule has 0 unspecified atom stereocenters. The Balaban J connectivity index is 2.53. The van der Waals surface area contributed by atoms with Crippen LogP contribution in [-0.4, -0.2) is 37.0 Å². The Bertz CT molecular complexity index is 201. The Labute approximate surface area is 72.4 Å². The highest BCUT2D eigenvalue weighted by molar-refractivity contribution is 5.82. The van der Waals surface area contributed by atoms with Crippen molar-refractivity contribution >= 4 is 5.84 Å². The van der Waals surface area contributed by atoms with E-state index in [1.165, 1.54) is 0 Å². The maximum Gasteiger partial charge on any atom is 0.207 e. The zero-order valence-electron chi connectivity index (χ0n) is 7.29. The number of morpholine rings is 1. The molecule has 1 fully saturated rings. The van der Waals surface area contributed by atoms with Crippen LogP contribution in [0, 0.1) is 11.5 Å². The minimum Gasteiger partial charge on any atom is -0.378 e.